The number of nitrogens with one attached hydrogen (secondary N) is 1. The van der Waals surface area contributed by atoms with Crippen molar-refractivity contribution in [3.8, 4) is 0 Å². The molecular weight excluding hydrogens is 310 g/mol. The summed E-state index contributed by atoms with van der Waals surface area (Å²) in [5.74, 6) is 1.10. The van der Waals surface area contributed by atoms with Crippen molar-refractivity contribution >= 4 is 5.91 Å². The molecule has 1 aliphatic carbocycles. The molecule has 4 nitrogen and oxygen atoms in total. The van der Waals surface area contributed by atoms with Gasteiger partial charge in [-0.2, -0.15) is 0 Å². The van der Waals surface area contributed by atoms with Gasteiger partial charge in [0.15, 0.2) is 0 Å². The molecule has 2 heterocycles. The second-order valence-corrected chi connectivity index (χ2v) is 7.72. The topological polar surface area (TPSA) is 45.2 Å². The van der Waals surface area contributed by atoms with Crippen molar-refractivity contribution in [3.05, 3.63) is 30.1 Å². The first-order valence-electron chi connectivity index (χ1n) is 10.2. The lowest BCUT2D eigenvalue weighted by atomic mass is 9.86. The highest BCUT2D eigenvalue weighted by Crippen LogP contribution is 2.28. The van der Waals surface area contributed by atoms with E-state index in [9.17, 15) is 4.79 Å². The summed E-state index contributed by atoms with van der Waals surface area (Å²) in [6.45, 7) is 2.75. The molecule has 1 aliphatic heterocycles. The van der Waals surface area contributed by atoms with Crippen LogP contribution in [0.15, 0.2) is 24.4 Å². The number of carbonyl (C=O) groups excluding carboxylic acids is 1. The standard InChI is InChI=1S/C21H33N3O/c25-21(12-11-18-7-2-1-3-8-18)24(17-19-9-4-5-15-23-19)20-10-6-14-22-16-13-20/h4-5,9,15,18,20,22H,1-3,6-8,10-14,16-17H2. The molecule has 0 radical (unpaired) electrons. The molecule has 1 aromatic heterocycles. The van der Waals surface area contributed by atoms with Crippen LogP contribution in [0.5, 0.6) is 0 Å². The van der Waals surface area contributed by atoms with Crippen molar-refractivity contribution < 1.29 is 4.79 Å². The highest BCUT2D eigenvalue weighted by atomic mass is 16.2. The van der Waals surface area contributed by atoms with Gasteiger partial charge in [0.1, 0.15) is 0 Å². The molecule has 1 aromatic rings. The first-order valence-corrected chi connectivity index (χ1v) is 10.2. The van der Waals surface area contributed by atoms with Gasteiger partial charge in [0.05, 0.1) is 12.2 Å². The summed E-state index contributed by atoms with van der Waals surface area (Å²) >= 11 is 0. The van der Waals surface area contributed by atoms with Crippen LogP contribution in [-0.4, -0.2) is 34.9 Å². The van der Waals surface area contributed by atoms with Gasteiger partial charge in [-0.3, -0.25) is 9.78 Å². The minimum Gasteiger partial charge on any atom is -0.334 e. The molecule has 25 heavy (non-hydrogen) atoms. The molecule has 0 bridgehead atoms. The Bertz CT molecular complexity index is 505. The van der Waals surface area contributed by atoms with Gasteiger partial charge in [-0.25, -0.2) is 0 Å². The normalized spacial score (nSPS) is 22.3. The monoisotopic (exact) mass is 343 g/mol. The van der Waals surface area contributed by atoms with E-state index in [1.165, 1.54) is 32.1 Å². The van der Waals surface area contributed by atoms with Crippen LogP contribution in [-0.2, 0) is 11.3 Å². The average Bonchev–Trinajstić information content (AvgIpc) is 2.95. The van der Waals surface area contributed by atoms with Crippen molar-refractivity contribution in [2.45, 2.75) is 76.8 Å². The van der Waals surface area contributed by atoms with Crippen LogP contribution >= 0.6 is 0 Å². The Morgan fingerprint density at radius 1 is 1.08 bits per heavy atom. The Labute approximate surface area is 152 Å². The number of hydrogen-bond acceptors (Lipinski definition) is 3. The third-order valence-electron chi connectivity index (χ3n) is 5.86. The maximum absolute atomic E-state index is 13.1. The summed E-state index contributed by atoms with van der Waals surface area (Å²) in [4.78, 5) is 19.7. The van der Waals surface area contributed by atoms with E-state index in [1.807, 2.05) is 24.4 Å². The van der Waals surface area contributed by atoms with Gasteiger partial charge in [0.25, 0.3) is 0 Å². The minimum absolute atomic E-state index is 0.336. The summed E-state index contributed by atoms with van der Waals surface area (Å²) in [6.07, 6.45) is 13.7. The number of hydrogen-bond donors (Lipinski definition) is 1. The summed E-state index contributed by atoms with van der Waals surface area (Å²) in [5.41, 5.74) is 1.01. The van der Waals surface area contributed by atoms with Gasteiger partial charge in [-0.05, 0) is 56.8 Å². The Morgan fingerprint density at radius 3 is 2.76 bits per heavy atom. The first kappa shape index (κ1) is 18.4. The highest BCUT2D eigenvalue weighted by molar-refractivity contribution is 5.76. The highest BCUT2D eigenvalue weighted by Gasteiger charge is 2.26. The van der Waals surface area contributed by atoms with Crippen LogP contribution in [0.4, 0.5) is 0 Å². The Hall–Kier alpha value is -1.42. The number of pyridine rings is 1. The van der Waals surface area contributed by atoms with Gasteiger partial charge in [-0.15, -0.1) is 0 Å². The van der Waals surface area contributed by atoms with Crippen LogP contribution in [0.25, 0.3) is 0 Å². The average molecular weight is 344 g/mol. The molecular formula is C21H33N3O. The molecule has 1 N–H and O–H groups in total. The molecule has 3 rings (SSSR count). The summed E-state index contributed by atoms with van der Waals surface area (Å²) in [7, 11) is 0. The molecule has 0 aromatic carbocycles. The van der Waals surface area contributed by atoms with Crippen molar-refractivity contribution in [1.29, 1.82) is 0 Å². The number of aromatic nitrogens is 1. The molecule has 1 amide bonds. The molecule has 2 aliphatic rings. The summed E-state index contributed by atoms with van der Waals surface area (Å²) < 4.78 is 0. The predicted octanol–water partition coefficient (Wildman–Crippen LogP) is 3.91. The number of nitrogens with zero attached hydrogens (tertiary/aromatic N) is 2. The molecule has 0 spiro atoms. The van der Waals surface area contributed by atoms with E-state index in [2.05, 4.69) is 15.2 Å². The van der Waals surface area contributed by atoms with Crippen LogP contribution in [0.3, 0.4) is 0 Å². The Kier molecular flexibility index (Phi) is 7.28. The van der Waals surface area contributed by atoms with E-state index in [0.29, 0.717) is 24.9 Å². The maximum Gasteiger partial charge on any atom is 0.223 e. The van der Waals surface area contributed by atoms with Gasteiger partial charge < -0.3 is 10.2 Å². The van der Waals surface area contributed by atoms with E-state index in [0.717, 1.165) is 50.4 Å². The first-order chi connectivity index (χ1) is 12.3. The maximum atomic E-state index is 13.1. The van der Waals surface area contributed by atoms with Crippen LogP contribution in [0, 0.1) is 5.92 Å². The van der Waals surface area contributed by atoms with Gasteiger partial charge in [0, 0.05) is 18.7 Å². The fourth-order valence-corrected chi connectivity index (χ4v) is 4.35. The molecule has 1 atom stereocenters. The van der Waals surface area contributed by atoms with Crippen molar-refractivity contribution in [3.63, 3.8) is 0 Å². The lowest BCUT2D eigenvalue weighted by Crippen LogP contribution is -2.40. The van der Waals surface area contributed by atoms with Gasteiger partial charge >= 0.3 is 0 Å². The molecule has 4 heteroatoms. The predicted molar refractivity (Wildman–Crippen MR) is 101 cm³/mol. The van der Waals surface area contributed by atoms with E-state index < -0.39 is 0 Å². The second-order valence-electron chi connectivity index (χ2n) is 7.72. The summed E-state index contributed by atoms with van der Waals surface area (Å²) in [5, 5.41) is 3.46. The smallest absolute Gasteiger partial charge is 0.223 e. The van der Waals surface area contributed by atoms with Crippen molar-refractivity contribution in [2.24, 2.45) is 5.92 Å². The molecule has 138 valence electrons. The lowest BCUT2D eigenvalue weighted by Gasteiger charge is -2.32. The zero-order valence-electron chi connectivity index (χ0n) is 15.5. The number of amides is 1. The zero-order valence-corrected chi connectivity index (χ0v) is 15.5. The number of rotatable bonds is 6. The fraction of sp³-hybridized carbons (Fsp3) is 0.714. The SMILES string of the molecule is O=C(CCC1CCCCC1)N(Cc1ccccn1)C1CCCNCC1. The molecule has 1 saturated heterocycles. The lowest BCUT2D eigenvalue weighted by molar-refractivity contribution is -0.135. The van der Waals surface area contributed by atoms with E-state index in [-0.39, 0.29) is 0 Å². The van der Waals surface area contributed by atoms with Crippen LogP contribution in [0.2, 0.25) is 0 Å². The van der Waals surface area contributed by atoms with E-state index in [4.69, 9.17) is 0 Å². The van der Waals surface area contributed by atoms with Crippen LogP contribution < -0.4 is 5.32 Å². The third kappa shape index (κ3) is 5.81. The fourth-order valence-electron chi connectivity index (χ4n) is 4.35. The van der Waals surface area contributed by atoms with Crippen molar-refractivity contribution in [1.82, 2.24) is 15.2 Å². The van der Waals surface area contributed by atoms with Gasteiger partial charge in [-0.1, -0.05) is 38.2 Å². The minimum atomic E-state index is 0.336. The van der Waals surface area contributed by atoms with Crippen LogP contribution in [0.1, 0.15) is 69.9 Å². The van der Waals surface area contributed by atoms with E-state index >= 15 is 0 Å². The molecule has 1 saturated carbocycles. The number of carbonyl (C=O) groups is 1. The summed E-state index contributed by atoms with van der Waals surface area (Å²) in [6, 6.07) is 6.35. The molecule has 1 unspecified atom stereocenters. The second kappa shape index (κ2) is 9.91. The Balaban J connectivity index is 1.62. The van der Waals surface area contributed by atoms with E-state index in [1.54, 1.807) is 0 Å². The molecule has 2 fully saturated rings. The van der Waals surface area contributed by atoms with Gasteiger partial charge in [0.2, 0.25) is 5.91 Å². The zero-order chi connectivity index (χ0) is 17.3. The third-order valence-corrected chi connectivity index (χ3v) is 5.86. The quantitative estimate of drug-likeness (QED) is 0.852. The van der Waals surface area contributed by atoms with Crippen molar-refractivity contribution in [2.75, 3.05) is 13.1 Å². The largest absolute Gasteiger partial charge is 0.334 e. The Morgan fingerprint density at radius 2 is 1.96 bits per heavy atom.